The van der Waals surface area contributed by atoms with E-state index in [0.717, 1.165) is 22.3 Å². The summed E-state index contributed by atoms with van der Waals surface area (Å²) in [5, 5.41) is 6.81. The van der Waals surface area contributed by atoms with Crippen molar-refractivity contribution in [3.8, 4) is 0 Å². The van der Waals surface area contributed by atoms with Crippen LogP contribution in [0.1, 0.15) is 25.2 Å². The lowest BCUT2D eigenvalue weighted by Crippen LogP contribution is -2.32. The van der Waals surface area contributed by atoms with E-state index in [4.69, 9.17) is 0 Å². The van der Waals surface area contributed by atoms with Crippen molar-refractivity contribution in [2.75, 3.05) is 13.1 Å². The van der Waals surface area contributed by atoms with Crippen LogP contribution in [0.5, 0.6) is 0 Å². The molecule has 1 heterocycles. The highest BCUT2D eigenvalue weighted by atomic mass is 79.9. The molecule has 0 saturated carbocycles. The zero-order chi connectivity index (χ0) is 14.6. The molecule has 1 N–H and O–H groups in total. The first kappa shape index (κ1) is 16.5. The van der Waals surface area contributed by atoms with Crippen LogP contribution >= 0.6 is 15.9 Å². The van der Waals surface area contributed by atoms with E-state index in [2.05, 4.69) is 26.3 Å². The molecule has 19 heavy (non-hydrogen) atoms. The summed E-state index contributed by atoms with van der Waals surface area (Å²) in [6.07, 6.45) is -2.63. The molecule has 1 unspecified atom stereocenters. The SMILES string of the molecule is CCc1nn(C)c(CC(C)CNCC(F)(F)F)c1Br. The minimum atomic E-state index is -4.15. The van der Waals surface area contributed by atoms with Gasteiger partial charge in [-0.2, -0.15) is 18.3 Å². The molecule has 7 heteroatoms. The molecular formula is C12H19BrF3N3. The Balaban J connectivity index is 2.53. The average Bonchev–Trinajstić information content (AvgIpc) is 2.54. The molecule has 0 aromatic carbocycles. The van der Waals surface area contributed by atoms with Gasteiger partial charge < -0.3 is 5.32 Å². The van der Waals surface area contributed by atoms with Crippen molar-refractivity contribution in [1.82, 2.24) is 15.1 Å². The molecule has 1 aromatic rings. The number of alkyl halides is 3. The third kappa shape index (κ3) is 5.14. The molecule has 0 saturated heterocycles. The number of rotatable bonds is 6. The van der Waals surface area contributed by atoms with Gasteiger partial charge in [0.1, 0.15) is 0 Å². The van der Waals surface area contributed by atoms with Gasteiger partial charge in [0.15, 0.2) is 0 Å². The Morgan fingerprint density at radius 1 is 1.42 bits per heavy atom. The molecule has 1 rings (SSSR count). The molecule has 0 radical (unpaired) electrons. The second-order valence-corrected chi connectivity index (χ2v) is 5.53. The molecule has 0 aliphatic carbocycles. The second kappa shape index (κ2) is 6.74. The lowest BCUT2D eigenvalue weighted by Gasteiger charge is -2.14. The minimum absolute atomic E-state index is 0.110. The van der Waals surface area contributed by atoms with Gasteiger partial charge in [-0.05, 0) is 41.2 Å². The molecule has 0 amide bonds. The zero-order valence-corrected chi connectivity index (χ0v) is 12.9. The highest BCUT2D eigenvalue weighted by Crippen LogP contribution is 2.24. The highest BCUT2D eigenvalue weighted by Gasteiger charge is 2.26. The quantitative estimate of drug-likeness (QED) is 0.861. The van der Waals surface area contributed by atoms with Crippen molar-refractivity contribution in [2.24, 2.45) is 13.0 Å². The molecule has 0 spiro atoms. The number of hydrogen-bond donors (Lipinski definition) is 1. The monoisotopic (exact) mass is 341 g/mol. The smallest absolute Gasteiger partial charge is 0.308 e. The highest BCUT2D eigenvalue weighted by molar-refractivity contribution is 9.10. The normalized spacial score (nSPS) is 13.8. The Kier molecular flexibility index (Phi) is 5.85. The van der Waals surface area contributed by atoms with Crippen LogP contribution in [-0.4, -0.2) is 29.0 Å². The van der Waals surface area contributed by atoms with Crippen molar-refractivity contribution in [3.63, 3.8) is 0 Å². The van der Waals surface area contributed by atoms with Crippen molar-refractivity contribution < 1.29 is 13.2 Å². The van der Waals surface area contributed by atoms with Crippen LogP contribution in [0.15, 0.2) is 4.47 Å². The standard InChI is InChI=1S/C12H19BrF3N3/c1-4-9-11(13)10(19(3)18-9)5-8(2)6-17-7-12(14,15)16/h8,17H,4-7H2,1-3H3. The summed E-state index contributed by atoms with van der Waals surface area (Å²) in [5.74, 6) is 0.110. The summed E-state index contributed by atoms with van der Waals surface area (Å²) < 4.78 is 38.8. The molecular weight excluding hydrogens is 323 g/mol. The Morgan fingerprint density at radius 2 is 2.05 bits per heavy atom. The van der Waals surface area contributed by atoms with Crippen LogP contribution in [0.3, 0.4) is 0 Å². The van der Waals surface area contributed by atoms with Crippen molar-refractivity contribution in [2.45, 2.75) is 32.9 Å². The van der Waals surface area contributed by atoms with Crippen LogP contribution < -0.4 is 5.32 Å². The molecule has 1 aromatic heterocycles. The van der Waals surface area contributed by atoms with Crippen molar-refractivity contribution in [3.05, 3.63) is 15.9 Å². The third-order valence-corrected chi connectivity index (χ3v) is 3.78. The summed E-state index contributed by atoms with van der Waals surface area (Å²) in [4.78, 5) is 0. The Morgan fingerprint density at radius 3 is 2.53 bits per heavy atom. The van der Waals surface area contributed by atoms with Gasteiger partial charge in [-0.15, -0.1) is 0 Å². The predicted molar refractivity (Wildman–Crippen MR) is 72.1 cm³/mol. The molecule has 0 aliphatic heterocycles. The van der Waals surface area contributed by atoms with Crippen molar-refractivity contribution >= 4 is 15.9 Å². The van der Waals surface area contributed by atoms with Gasteiger partial charge in [-0.3, -0.25) is 4.68 Å². The Bertz CT molecular complexity index is 415. The van der Waals surface area contributed by atoms with E-state index >= 15 is 0 Å². The molecule has 110 valence electrons. The van der Waals surface area contributed by atoms with Gasteiger partial charge in [0.05, 0.1) is 22.4 Å². The van der Waals surface area contributed by atoms with Crippen LogP contribution in [0, 0.1) is 5.92 Å². The van der Waals surface area contributed by atoms with Crippen LogP contribution in [-0.2, 0) is 19.9 Å². The Hall–Kier alpha value is -0.560. The summed E-state index contributed by atoms with van der Waals surface area (Å²) in [5.41, 5.74) is 2.01. The zero-order valence-electron chi connectivity index (χ0n) is 11.3. The molecule has 1 atom stereocenters. The fourth-order valence-corrected chi connectivity index (χ4v) is 2.68. The van der Waals surface area contributed by atoms with E-state index in [1.54, 1.807) is 4.68 Å². The van der Waals surface area contributed by atoms with Crippen LogP contribution in [0.25, 0.3) is 0 Å². The van der Waals surface area contributed by atoms with E-state index in [1.807, 2.05) is 20.9 Å². The summed E-state index contributed by atoms with van der Waals surface area (Å²) in [6, 6.07) is 0. The first-order valence-corrected chi connectivity index (χ1v) is 7.01. The summed E-state index contributed by atoms with van der Waals surface area (Å²) in [7, 11) is 1.86. The third-order valence-electron chi connectivity index (χ3n) is 2.86. The number of nitrogens with zero attached hydrogens (tertiary/aromatic N) is 2. The largest absolute Gasteiger partial charge is 0.401 e. The lowest BCUT2D eigenvalue weighted by atomic mass is 10.1. The van der Waals surface area contributed by atoms with Gasteiger partial charge in [0, 0.05) is 7.05 Å². The van der Waals surface area contributed by atoms with Gasteiger partial charge in [-0.25, -0.2) is 0 Å². The maximum absolute atomic E-state index is 12.0. The van der Waals surface area contributed by atoms with Gasteiger partial charge in [-0.1, -0.05) is 13.8 Å². The fourth-order valence-electron chi connectivity index (χ4n) is 1.90. The molecule has 3 nitrogen and oxygen atoms in total. The van der Waals surface area contributed by atoms with E-state index in [1.165, 1.54) is 0 Å². The number of nitrogens with one attached hydrogen (secondary N) is 1. The number of aryl methyl sites for hydroxylation is 2. The summed E-state index contributed by atoms with van der Waals surface area (Å²) in [6.45, 7) is 3.34. The second-order valence-electron chi connectivity index (χ2n) is 4.74. The summed E-state index contributed by atoms with van der Waals surface area (Å²) >= 11 is 3.51. The van der Waals surface area contributed by atoms with E-state index in [-0.39, 0.29) is 5.92 Å². The predicted octanol–water partition coefficient (Wildman–Crippen LogP) is 3.08. The van der Waals surface area contributed by atoms with Crippen LogP contribution in [0.4, 0.5) is 13.2 Å². The molecule has 0 fully saturated rings. The van der Waals surface area contributed by atoms with E-state index < -0.39 is 12.7 Å². The minimum Gasteiger partial charge on any atom is -0.308 e. The maximum Gasteiger partial charge on any atom is 0.401 e. The van der Waals surface area contributed by atoms with Crippen molar-refractivity contribution in [1.29, 1.82) is 0 Å². The van der Waals surface area contributed by atoms with E-state index in [9.17, 15) is 13.2 Å². The molecule has 0 aliphatic rings. The first-order chi connectivity index (χ1) is 8.74. The first-order valence-electron chi connectivity index (χ1n) is 6.22. The van der Waals surface area contributed by atoms with Gasteiger partial charge in [0.2, 0.25) is 0 Å². The Labute approximate surface area is 119 Å². The number of halogens is 4. The van der Waals surface area contributed by atoms with Gasteiger partial charge >= 0.3 is 6.18 Å². The van der Waals surface area contributed by atoms with E-state index in [0.29, 0.717) is 13.0 Å². The average molecular weight is 342 g/mol. The molecule has 0 bridgehead atoms. The lowest BCUT2D eigenvalue weighted by molar-refractivity contribution is -0.125. The number of hydrogen-bond acceptors (Lipinski definition) is 2. The maximum atomic E-state index is 12.0. The van der Waals surface area contributed by atoms with Gasteiger partial charge in [0.25, 0.3) is 0 Å². The van der Waals surface area contributed by atoms with Crippen LogP contribution in [0.2, 0.25) is 0 Å². The topological polar surface area (TPSA) is 29.9 Å². The number of aromatic nitrogens is 2. The fraction of sp³-hybridized carbons (Fsp3) is 0.750.